The zero-order chi connectivity index (χ0) is 12.1. The van der Waals surface area contributed by atoms with Gasteiger partial charge in [0.25, 0.3) is 0 Å². The summed E-state index contributed by atoms with van der Waals surface area (Å²) in [6.07, 6.45) is 2.52. The van der Waals surface area contributed by atoms with Crippen LogP contribution in [0.15, 0.2) is 24.3 Å². The fraction of sp³-hybridized carbons (Fsp3) is 0.0909. The van der Waals surface area contributed by atoms with Crippen LogP contribution in [0.5, 0.6) is 5.75 Å². The zero-order valence-electron chi connectivity index (χ0n) is 8.25. The topological polar surface area (TPSA) is 94.8 Å². The third kappa shape index (κ3) is 3.13. The zero-order valence-corrected chi connectivity index (χ0v) is 8.25. The minimum atomic E-state index is -1.10. The van der Waals surface area contributed by atoms with Gasteiger partial charge in [-0.1, -0.05) is 12.2 Å². The normalized spacial score (nSPS) is 10.5. The average molecular weight is 222 g/mol. The van der Waals surface area contributed by atoms with Gasteiger partial charge in [0.05, 0.1) is 12.0 Å². The molecule has 84 valence electrons. The van der Waals surface area contributed by atoms with Crippen molar-refractivity contribution in [2.45, 2.75) is 6.42 Å². The van der Waals surface area contributed by atoms with Crippen molar-refractivity contribution < 1.29 is 24.9 Å². The Bertz CT molecular complexity index is 448. The molecule has 3 N–H and O–H groups in total. The molecule has 0 unspecified atom stereocenters. The van der Waals surface area contributed by atoms with Crippen molar-refractivity contribution in [2.75, 3.05) is 0 Å². The Morgan fingerprint density at radius 2 is 1.94 bits per heavy atom. The molecule has 0 saturated carbocycles. The number of hydrogen-bond donors (Lipinski definition) is 3. The van der Waals surface area contributed by atoms with Crippen molar-refractivity contribution >= 4 is 18.0 Å². The number of aromatic hydroxyl groups is 1. The highest BCUT2D eigenvalue weighted by Crippen LogP contribution is 2.20. The molecule has 5 nitrogen and oxygen atoms in total. The van der Waals surface area contributed by atoms with Gasteiger partial charge in [0, 0.05) is 5.56 Å². The number of carbonyl (C=O) groups is 2. The fourth-order valence-corrected chi connectivity index (χ4v) is 1.11. The van der Waals surface area contributed by atoms with Crippen molar-refractivity contribution in [3.8, 4) is 5.75 Å². The van der Waals surface area contributed by atoms with Crippen LogP contribution in [0.3, 0.4) is 0 Å². The molecule has 0 fully saturated rings. The first-order valence-corrected chi connectivity index (χ1v) is 4.45. The minimum Gasteiger partial charge on any atom is -0.507 e. The van der Waals surface area contributed by atoms with Gasteiger partial charge in [-0.15, -0.1) is 0 Å². The highest BCUT2D eigenvalue weighted by atomic mass is 16.4. The molecule has 1 aromatic carbocycles. The van der Waals surface area contributed by atoms with Crippen LogP contribution < -0.4 is 0 Å². The quantitative estimate of drug-likeness (QED) is 0.718. The van der Waals surface area contributed by atoms with Crippen LogP contribution in [0.2, 0.25) is 0 Å². The number of hydrogen-bond acceptors (Lipinski definition) is 3. The average Bonchev–Trinajstić information content (AvgIpc) is 2.20. The molecule has 0 atom stereocenters. The van der Waals surface area contributed by atoms with Gasteiger partial charge < -0.3 is 15.3 Å². The van der Waals surface area contributed by atoms with E-state index in [4.69, 9.17) is 10.2 Å². The predicted molar refractivity (Wildman–Crippen MR) is 56.4 cm³/mol. The molecular formula is C11H10O5. The fourth-order valence-electron chi connectivity index (χ4n) is 1.11. The Hall–Kier alpha value is -2.30. The van der Waals surface area contributed by atoms with E-state index in [0.29, 0.717) is 0 Å². The van der Waals surface area contributed by atoms with E-state index in [2.05, 4.69) is 0 Å². The van der Waals surface area contributed by atoms with Crippen molar-refractivity contribution in [1.29, 1.82) is 0 Å². The van der Waals surface area contributed by atoms with Crippen molar-refractivity contribution in [3.05, 3.63) is 35.4 Å². The molecule has 0 amide bonds. The molecule has 0 aliphatic heterocycles. The summed E-state index contributed by atoms with van der Waals surface area (Å²) in [6.45, 7) is 0. The van der Waals surface area contributed by atoms with Gasteiger partial charge in [-0.25, -0.2) is 4.79 Å². The molecule has 0 aromatic heterocycles. The van der Waals surface area contributed by atoms with Gasteiger partial charge in [-0.3, -0.25) is 4.79 Å². The third-order valence-corrected chi connectivity index (χ3v) is 1.86. The molecule has 1 aromatic rings. The minimum absolute atomic E-state index is 0.0350. The number of phenols is 1. The number of aliphatic carboxylic acids is 1. The van der Waals surface area contributed by atoms with Crippen LogP contribution in [0.25, 0.3) is 6.08 Å². The Labute approximate surface area is 91.3 Å². The number of phenolic OH excluding ortho intramolecular Hbond substituents is 1. The molecule has 5 heteroatoms. The maximum Gasteiger partial charge on any atom is 0.335 e. The van der Waals surface area contributed by atoms with Crippen molar-refractivity contribution in [1.82, 2.24) is 0 Å². The van der Waals surface area contributed by atoms with E-state index in [1.54, 1.807) is 0 Å². The summed E-state index contributed by atoms with van der Waals surface area (Å²) in [4.78, 5) is 20.9. The molecule has 0 saturated heterocycles. The summed E-state index contributed by atoms with van der Waals surface area (Å²) in [5.74, 6) is -2.19. The van der Waals surface area contributed by atoms with Gasteiger partial charge in [0.2, 0.25) is 0 Å². The first kappa shape index (κ1) is 11.8. The summed E-state index contributed by atoms with van der Waals surface area (Å²) in [5, 5.41) is 26.5. The Balaban J connectivity index is 2.94. The van der Waals surface area contributed by atoms with Crippen molar-refractivity contribution in [3.63, 3.8) is 0 Å². The van der Waals surface area contributed by atoms with E-state index in [1.807, 2.05) is 0 Å². The monoisotopic (exact) mass is 222 g/mol. The lowest BCUT2D eigenvalue weighted by Crippen LogP contribution is -1.96. The Kier molecular flexibility index (Phi) is 3.66. The van der Waals surface area contributed by atoms with E-state index in [-0.39, 0.29) is 23.3 Å². The molecule has 0 aliphatic carbocycles. The standard InChI is InChI=1S/C11H10O5/c12-9-5-4-8(11(15)16)6-7(9)2-1-3-10(13)14/h1-2,4-6,12H,3H2,(H,13,14)(H,15,16). The SMILES string of the molecule is O=C(O)CC=Cc1cc(C(=O)O)ccc1O. The summed E-state index contributed by atoms with van der Waals surface area (Å²) in [6, 6.07) is 3.80. The second-order valence-electron chi connectivity index (χ2n) is 3.08. The maximum absolute atomic E-state index is 10.6. The molecule has 0 heterocycles. The molecule has 0 bridgehead atoms. The van der Waals surface area contributed by atoms with E-state index < -0.39 is 11.9 Å². The lowest BCUT2D eigenvalue weighted by atomic mass is 10.1. The van der Waals surface area contributed by atoms with Crippen LogP contribution in [-0.2, 0) is 4.79 Å². The molecule has 0 spiro atoms. The lowest BCUT2D eigenvalue weighted by Gasteiger charge is -2.00. The Morgan fingerprint density at radius 1 is 1.25 bits per heavy atom. The van der Waals surface area contributed by atoms with Crippen LogP contribution in [0, 0.1) is 0 Å². The number of carboxylic acid groups (broad SMARTS) is 2. The van der Waals surface area contributed by atoms with Gasteiger partial charge in [0.1, 0.15) is 5.75 Å². The lowest BCUT2D eigenvalue weighted by molar-refractivity contribution is -0.135. The van der Waals surface area contributed by atoms with Crippen LogP contribution >= 0.6 is 0 Å². The smallest absolute Gasteiger partial charge is 0.335 e. The summed E-state index contributed by atoms with van der Waals surface area (Å²) in [5.41, 5.74) is 0.314. The second-order valence-corrected chi connectivity index (χ2v) is 3.08. The predicted octanol–water partition coefficient (Wildman–Crippen LogP) is 1.58. The van der Waals surface area contributed by atoms with E-state index >= 15 is 0 Å². The van der Waals surface area contributed by atoms with Crippen LogP contribution in [0.1, 0.15) is 22.3 Å². The highest BCUT2D eigenvalue weighted by Gasteiger charge is 2.05. The van der Waals surface area contributed by atoms with Crippen LogP contribution in [-0.4, -0.2) is 27.3 Å². The summed E-state index contributed by atoms with van der Waals surface area (Å²) < 4.78 is 0. The second kappa shape index (κ2) is 4.97. The highest BCUT2D eigenvalue weighted by molar-refractivity contribution is 5.89. The number of carboxylic acids is 2. The number of benzene rings is 1. The molecule has 16 heavy (non-hydrogen) atoms. The van der Waals surface area contributed by atoms with Gasteiger partial charge in [-0.05, 0) is 18.2 Å². The van der Waals surface area contributed by atoms with Gasteiger partial charge >= 0.3 is 11.9 Å². The molecule has 1 rings (SSSR count). The first-order chi connectivity index (χ1) is 7.50. The van der Waals surface area contributed by atoms with E-state index in [9.17, 15) is 14.7 Å². The maximum atomic E-state index is 10.6. The molecule has 0 radical (unpaired) electrons. The van der Waals surface area contributed by atoms with Crippen LogP contribution in [0.4, 0.5) is 0 Å². The van der Waals surface area contributed by atoms with Gasteiger partial charge in [-0.2, -0.15) is 0 Å². The first-order valence-electron chi connectivity index (χ1n) is 4.45. The Morgan fingerprint density at radius 3 is 2.50 bits per heavy atom. The summed E-state index contributed by atoms with van der Waals surface area (Å²) >= 11 is 0. The number of aromatic carboxylic acids is 1. The van der Waals surface area contributed by atoms with E-state index in [1.165, 1.54) is 30.4 Å². The van der Waals surface area contributed by atoms with Gasteiger partial charge in [0.15, 0.2) is 0 Å². The van der Waals surface area contributed by atoms with Crippen molar-refractivity contribution in [2.24, 2.45) is 0 Å². The number of rotatable bonds is 4. The molecular weight excluding hydrogens is 212 g/mol. The van der Waals surface area contributed by atoms with E-state index in [0.717, 1.165) is 0 Å². The third-order valence-electron chi connectivity index (χ3n) is 1.86. The largest absolute Gasteiger partial charge is 0.507 e. The summed E-state index contributed by atoms with van der Waals surface area (Å²) in [7, 11) is 0. The molecule has 0 aliphatic rings.